The highest BCUT2D eigenvalue weighted by Crippen LogP contribution is 1.98. The first-order chi connectivity index (χ1) is 8.16. The standard InChI is InChI=1S/C10H27N7/c1-14-8-15-6-4-2-3-5-7-16-10(13)17-9(11)12/h9,14-15H,2-8,11-12H2,1H3,(H3,13,16,17). The van der Waals surface area contributed by atoms with Gasteiger partial charge in [0.2, 0.25) is 0 Å². The van der Waals surface area contributed by atoms with Crippen molar-refractivity contribution in [2.45, 2.75) is 32.0 Å². The molecule has 0 bridgehead atoms. The number of hydrogen-bond acceptors (Lipinski definition) is 5. The first-order valence-electron chi connectivity index (χ1n) is 6.09. The summed E-state index contributed by atoms with van der Waals surface area (Å²) in [6.45, 7) is 2.64. The maximum Gasteiger partial charge on any atom is 0.190 e. The van der Waals surface area contributed by atoms with E-state index in [0.717, 1.165) is 32.6 Å². The second-order valence-corrected chi connectivity index (χ2v) is 3.88. The van der Waals surface area contributed by atoms with Crippen LogP contribution in [0.3, 0.4) is 0 Å². The maximum absolute atomic E-state index is 5.53. The van der Waals surface area contributed by atoms with Crippen LogP contribution in [0, 0.1) is 0 Å². The Morgan fingerprint density at radius 3 is 2.53 bits per heavy atom. The fourth-order valence-electron chi connectivity index (χ4n) is 1.34. The van der Waals surface area contributed by atoms with Crippen LogP contribution in [0.5, 0.6) is 0 Å². The van der Waals surface area contributed by atoms with E-state index in [1.165, 1.54) is 12.8 Å². The molecule has 102 valence electrons. The first-order valence-corrected chi connectivity index (χ1v) is 6.09. The minimum Gasteiger partial charge on any atom is -0.370 e. The number of aliphatic imine (C=N–C) groups is 1. The van der Waals surface area contributed by atoms with Crippen molar-refractivity contribution in [2.75, 3.05) is 26.8 Å². The number of unbranched alkanes of at least 4 members (excludes halogenated alkanes) is 3. The zero-order valence-electron chi connectivity index (χ0n) is 10.7. The topological polar surface area (TPSA) is 127 Å². The molecule has 7 nitrogen and oxygen atoms in total. The van der Waals surface area contributed by atoms with Crippen LogP contribution in [0.15, 0.2) is 4.99 Å². The molecule has 7 heteroatoms. The summed E-state index contributed by atoms with van der Waals surface area (Å²) in [4.78, 5) is 4.11. The van der Waals surface area contributed by atoms with Gasteiger partial charge in [-0.15, -0.1) is 0 Å². The van der Waals surface area contributed by atoms with Gasteiger partial charge in [-0.3, -0.25) is 16.5 Å². The number of nitrogens with two attached hydrogens (primary N) is 3. The molecule has 0 spiro atoms. The Labute approximate surface area is 104 Å². The molecule has 0 aliphatic carbocycles. The number of nitrogens with zero attached hydrogens (tertiary/aromatic N) is 1. The average molecular weight is 245 g/mol. The van der Waals surface area contributed by atoms with Gasteiger partial charge in [0, 0.05) is 13.2 Å². The molecule has 0 aliphatic heterocycles. The largest absolute Gasteiger partial charge is 0.370 e. The lowest BCUT2D eigenvalue weighted by Crippen LogP contribution is -2.51. The number of rotatable bonds is 10. The Balaban J connectivity index is 3.22. The van der Waals surface area contributed by atoms with Crippen LogP contribution in [-0.2, 0) is 0 Å². The van der Waals surface area contributed by atoms with Gasteiger partial charge in [0.05, 0.1) is 0 Å². The lowest BCUT2D eigenvalue weighted by molar-refractivity contribution is 0.570. The lowest BCUT2D eigenvalue weighted by atomic mass is 10.2. The van der Waals surface area contributed by atoms with E-state index in [1.807, 2.05) is 7.05 Å². The van der Waals surface area contributed by atoms with E-state index < -0.39 is 6.29 Å². The minimum atomic E-state index is -0.642. The maximum atomic E-state index is 5.53. The van der Waals surface area contributed by atoms with E-state index in [2.05, 4.69) is 20.9 Å². The van der Waals surface area contributed by atoms with Crippen molar-refractivity contribution in [1.29, 1.82) is 0 Å². The predicted octanol–water partition coefficient (Wildman–Crippen LogP) is -1.58. The summed E-state index contributed by atoms with van der Waals surface area (Å²) in [5.41, 5.74) is 16.1. The van der Waals surface area contributed by atoms with Crippen LogP contribution in [0.25, 0.3) is 0 Å². The molecule has 0 heterocycles. The summed E-state index contributed by atoms with van der Waals surface area (Å²) >= 11 is 0. The van der Waals surface area contributed by atoms with Gasteiger partial charge < -0.3 is 21.7 Å². The van der Waals surface area contributed by atoms with Crippen molar-refractivity contribution in [1.82, 2.24) is 16.0 Å². The Morgan fingerprint density at radius 2 is 1.88 bits per heavy atom. The van der Waals surface area contributed by atoms with Gasteiger partial charge in [0.15, 0.2) is 5.96 Å². The third-order valence-corrected chi connectivity index (χ3v) is 2.16. The highest BCUT2D eigenvalue weighted by atomic mass is 15.2. The highest BCUT2D eigenvalue weighted by molar-refractivity contribution is 5.77. The molecule has 0 aromatic heterocycles. The van der Waals surface area contributed by atoms with Crippen molar-refractivity contribution in [3.63, 3.8) is 0 Å². The van der Waals surface area contributed by atoms with Crippen LogP contribution >= 0.6 is 0 Å². The third-order valence-electron chi connectivity index (χ3n) is 2.16. The van der Waals surface area contributed by atoms with E-state index in [9.17, 15) is 0 Å². The van der Waals surface area contributed by atoms with Crippen LogP contribution in [0.2, 0.25) is 0 Å². The molecule has 17 heavy (non-hydrogen) atoms. The summed E-state index contributed by atoms with van der Waals surface area (Å²) in [7, 11) is 1.93. The van der Waals surface area contributed by atoms with Crippen LogP contribution in [0.4, 0.5) is 0 Å². The molecular formula is C10H27N7. The SMILES string of the molecule is CNCNCCCCCCN=C(N)NC(N)N. The fraction of sp³-hybridized carbons (Fsp3) is 0.900. The molecule has 0 unspecified atom stereocenters. The second-order valence-electron chi connectivity index (χ2n) is 3.88. The average Bonchev–Trinajstić information content (AvgIpc) is 2.26. The molecule has 0 atom stereocenters. The third kappa shape index (κ3) is 13.0. The molecule has 0 amide bonds. The van der Waals surface area contributed by atoms with E-state index in [1.54, 1.807) is 0 Å². The summed E-state index contributed by atoms with van der Waals surface area (Å²) in [5, 5.41) is 8.94. The smallest absolute Gasteiger partial charge is 0.190 e. The predicted molar refractivity (Wildman–Crippen MR) is 72.2 cm³/mol. The van der Waals surface area contributed by atoms with Gasteiger partial charge in [-0.2, -0.15) is 0 Å². The Bertz CT molecular complexity index is 193. The van der Waals surface area contributed by atoms with Gasteiger partial charge in [0.1, 0.15) is 6.29 Å². The number of hydrogen-bond donors (Lipinski definition) is 6. The molecular weight excluding hydrogens is 218 g/mol. The monoisotopic (exact) mass is 245 g/mol. The van der Waals surface area contributed by atoms with Gasteiger partial charge >= 0.3 is 0 Å². The zero-order chi connectivity index (χ0) is 12.9. The summed E-state index contributed by atoms with van der Waals surface area (Å²) in [6.07, 6.45) is 3.95. The molecule has 0 aliphatic rings. The number of nitrogens with one attached hydrogen (secondary N) is 3. The van der Waals surface area contributed by atoms with Crippen LogP contribution < -0.4 is 33.2 Å². The molecule has 0 saturated heterocycles. The Hall–Kier alpha value is -0.890. The van der Waals surface area contributed by atoms with Gasteiger partial charge in [-0.25, -0.2) is 0 Å². The fourth-order valence-corrected chi connectivity index (χ4v) is 1.34. The van der Waals surface area contributed by atoms with Crippen LogP contribution in [-0.4, -0.2) is 39.1 Å². The van der Waals surface area contributed by atoms with Crippen molar-refractivity contribution in [3.05, 3.63) is 0 Å². The van der Waals surface area contributed by atoms with Gasteiger partial charge in [-0.1, -0.05) is 12.8 Å². The highest BCUT2D eigenvalue weighted by Gasteiger charge is 1.94. The number of guanidine groups is 1. The first kappa shape index (κ1) is 16.1. The lowest BCUT2D eigenvalue weighted by Gasteiger charge is -2.08. The van der Waals surface area contributed by atoms with E-state index in [-0.39, 0.29) is 0 Å². The van der Waals surface area contributed by atoms with Crippen molar-refractivity contribution in [2.24, 2.45) is 22.2 Å². The molecule has 0 radical (unpaired) electrons. The van der Waals surface area contributed by atoms with Crippen molar-refractivity contribution < 1.29 is 0 Å². The zero-order valence-corrected chi connectivity index (χ0v) is 10.7. The summed E-state index contributed by atoms with van der Waals surface area (Å²) in [6, 6.07) is 0. The van der Waals surface area contributed by atoms with E-state index >= 15 is 0 Å². The van der Waals surface area contributed by atoms with E-state index in [0.29, 0.717) is 5.96 Å². The minimum absolute atomic E-state index is 0.315. The molecule has 0 rings (SSSR count). The van der Waals surface area contributed by atoms with Crippen LogP contribution in [0.1, 0.15) is 25.7 Å². The molecule has 0 aromatic carbocycles. The van der Waals surface area contributed by atoms with Crippen molar-refractivity contribution in [3.8, 4) is 0 Å². The summed E-state index contributed by atoms with van der Waals surface area (Å²) < 4.78 is 0. The van der Waals surface area contributed by atoms with Gasteiger partial charge in [-0.05, 0) is 26.4 Å². The molecule has 0 fully saturated rings. The van der Waals surface area contributed by atoms with E-state index in [4.69, 9.17) is 17.2 Å². The molecule has 0 aromatic rings. The molecule has 0 saturated carbocycles. The second kappa shape index (κ2) is 11.6. The summed E-state index contributed by atoms with van der Waals surface area (Å²) in [5.74, 6) is 0.315. The molecule has 9 N–H and O–H groups in total. The quantitative estimate of drug-likeness (QED) is 0.119. The normalized spacial score (nSPS) is 12.1. The Morgan fingerprint density at radius 1 is 1.18 bits per heavy atom. The van der Waals surface area contributed by atoms with Crippen molar-refractivity contribution >= 4 is 5.96 Å². The van der Waals surface area contributed by atoms with Gasteiger partial charge in [0.25, 0.3) is 0 Å². The Kier molecular flexibility index (Phi) is 11.0.